The summed E-state index contributed by atoms with van der Waals surface area (Å²) in [7, 11) is 3.53. The molecule has 2 aliphatic heterocycles. The van der Waals surface area contributed by atoms with Gasteiger partial charge < -0.3 is 34.6 Å². The second kappa shape index (κ2) is 23.4. The van der Waals surface area contributed by atoms with Crippen LogP contribution in [-0.2, 0) is 31.9 Å². The average Bonchev–Trinajstić information content (AvgIpc) is 3.85. The summed E-state index contributed by atoms with van der Waals surface area (Å²) < 4.78 is 38.0. The number of fused-ring (bicyclic) bond motifs is 4. The number of carboxylic acids is 1. The van der Waals surface area contributed by atoms with Crippen LogP contribution in [0.2, 0.25) is 0 Å². The Morgan fingerprint density at radius 2 is 1.13 bits per heavy atom. The Morgan fingerprint density at radius 3 is 1.56 bits per heavy atom. The molecule has 2 aromatic rings. The van der Waals surface area contributed by atoms with Gasteiger partial charge in [0.1, 0.15) is 22.8 Å². The molecule has 71 heavy (non-hydrogen) atoms. The number of carboxylic acid groups (broad SMARTS) is 1. The van der Waals surface area contributed by atoms with E-state index in [1.165, 1.54) is 33.4 Å². The molecule has 2 unspecified atom stereocenters. The lowest BCUT2D eigenvalue weighted by Gasteiger charge is -2.42. The Balaban J connectivity index is 0.000000192. The van der Waals surface area contributed by atoms with Crippen molar-refractivity contribution in [2.45, 2.75) is 170 Å². The molecule has 11 nitrogen and oxygen atoms in total. The number of rotatable bonds is 8. The number of ether oxygens (including phenoxy) is 2. The molecular weight excluding hydrogens is 903 g/mol. The number of halogens is 2. The van der Waals surface area contributed by atoms with Gasteiger partial charge in [-0.1, -0.05) is 39.8 Å². The number of benzene rings is 2. The summed E-state index contributed by atoms with van der Waals surface area (Å²) in [5, 5.41) is 12.5. The largest absolute Gasteiger partial charge is 0.481 e. The standard InChI is InChI=1S/C29H41FN2O3.C15H18FN.C14H25NO4/c1-18(2)26-25-15-21-11-12-22(30)16-24(21)23(25)13-14-32(26)27(33)20-9-7-19(8-10-20)17-31(6)28(34)35-29(3,4)5;1-9(2)15-14-7-10-3-4-11(16)8-13(10)12(14)5-6-17-15;1-14(2,3)19-13(18)15(4)9-10-5-7-11(8-6-10)12(16)17/h11-12,16,18-20,26H,7-10,13-15,17H2,1-6H3;3-4,8-9,15,17H,5-7H2,1-2H3;10-11H,5-9H2,1-4H3,(H,16,17). The molecule has 2 atom stereocenters. The predicted octanol–water partition coefficient (Wildman–Crippen LogP) is 12.0. The molecule has 13 heteroatoms. The zero-order valence-corrected chi connectivity index (χ0v) is 44.9. The Hall–Kier alpha value is -4.78. The van der Waals surface area contributed by atoms with E-state index >= 15 is 0 Å². The van der Waals surface area contributed by atoms with E-state index in [9.17, 15) is 28.0 Å². The van der Waals surface area contributed by atoms with Crippen LogP contribution in [-0.4, -0.2) is 107 Å². The van der Waals surface area contributed by atoms with Crippen LogP contribution in [0.5, 0.6) is 0 Å². The zero-order chi connectivity index (χ0) is 52.1. The molecular formula is C58H84F2N4O7. The summed E-state index contributed by atoms with van der Waals surface area (Å²) in [4.78, 5) is 54.1. The van der Waals surface area contributed by atoms with Crippen LogP contribution in [0.3, 0.4) is 0 Å². The Labute approximate surface area is 423 Å². The first kappa shape index (κ1) is 55.5. The van der Waals surface area contributed by atoms with E-state index < -0.39 is 17.2 Å². The number of nitrogens with zero attached hydrogens (tertiary/aromatic N) is 3. The van der Waals surface area contributed by atoms with Gasteiger partial charge in [0.25, 0.3) is 0 Å². The summed E-state index contributed by atoms with van der Waals surface area (Å²) in [5.74, 6) is 0.798. The van der Waals surface area contributed by atoms with E-state index in [2.05, 4.69) is 37.9 Å². The minimum atomic E-state index is -0.695. The van der Waals surface area contributed by atoms with Gasteiger partial charge in [0.15, 0.2) is 0 Å². The summed E-state index contributed by atoms with van der Waals surface area (Å²) in [6, 6.07) is 10.9. The Morgan fingerprint density at radius 1 is 0.676 bits per heavy atom. The van der Waals surface area contributed by atoms with Crippen molar-refractivity contribution in [1.82, 2.24) is 20.0 Å². The highest BCUT2D eigenvalue weighted by Crippen LogP contribution is 2.45. The fourth-order valence-corrected chi connectivity index (χ4v) is 11.8. The molecule has 8 rings (SSSR count). The minimum Gasteiger partial charge on any atom is -0.481 e. The van der Waals surface area contributed by atoms with Gasteiger partial charge in [0.2, 0.25) is 5.91 Å². The fourth-order valence-electron chi connectivity index (χ4n) is 11.8. The number of nitrogens with one attached hydrogen (secondary N) is 1. The van der Waals surface area contributed by atoms with E-state index in [4.69, 9.17) is 14.6 Å². The molecule has 0 bridgehead atoms. The number of carbonyl (C=O) groups is 4. The topological polar surface area (TPSA) is 129 Å². The fraction of sp³-hybridized carbons (Fsp3) is 0.655. The second-order valence-corrected chi connectivity index (χ2v) is 23.9. The first-order valence-electron chi connectivity index (χ1n) is 26.5. The molecule has 3 amide bonds. The SMILES string of the molecule is CC(C)C1C2=C(CCN1C(=O)C1CCC(CN(C)C(=O)OC(C)(C)C)CC1)c1cc(F)ccc1C2.CC(C)C1NCCC2=C1Cc1ccc(F)cc12.CN(CC1CCC(C(=O)O)CC1)C(=O)OC(C)(C)C. The highest BCUT2D eigenvalue weighted by atomic mass is 19.1. The van der Waals surface area contributed by atoms with Crippen LogP contribution in [0, 0.1) is 47.1 Å². The van der Waals surface area contributed by atoms with Gasteiger partial charge in [-0.25, -0.2) is 18.4 Å². The van der Waals surface area contributed by atoms with Crippen molar-refractivity contribution in [2.75, 3.05) is 40.3 Å². The van der Waals surface area contributed by atoms with Crippen molar-refractivity contribution >= 4 is 35.2 Å². The minimum absolute atomic E-state index is 0.0442. The van der Waals surface area contributed by atoms with Gasteiger partial charge in [-0.2, -0.15) is 0 Å². The van der Waals surface area contributed by atoms with Gasteiger partial charge in [-0.15, -0.1) is 0 Å². The summed E-state index contributed by atoms with van der Waals surface area (Å²) >= 11 is 0. The summed E-state index contributed by atoms with van der Waals surface area (Å²) in [6.07, 6.45) is 9.84. The van der Waals surface area contributed by atoms with Crippen molar-refractivity contribution in [3.8, 4) is 0 Å². The Kier molecular flexibility index (Phi) is 18.3. The lowest BCUT2D eigenvalue weighted by molar-refractivity contribution is -0.143. The van der Waals surface area contributed by atoms with Crippen LogP contribution in [0.1, 0.15) is 156 Å². The Bertz CT molecular complexity index is 2290. The smallest absolute Gasteiger partial charge is 0.410 e. The molecule has 2 heterocycles. The monoisotopic (exact) mass is 987 g/mol. The molecule has 2 fully saturated rings. The van der Waals surface area contributed by atoms with Crippen LogP contribution in [0.25, 0.3) is 11.1 Å². The molecule has 0 radical (unpaired) electrons. The highest BCUT2D eigenvalue weighted by molar-refractivity contribution is 5.84. The molecule has 0 spiro atoms. The van der Waals surface area contributed by atoms with E-state index in [1.54, 1.807) is 48.2 Å². The molecule has 4 aliphatic carbocycles. The van der Waals surface area contributed by atoms with Gasteiger partial charge in [-0.3, -0.25) is 9.59 Å². The van der Waals surface area contributed by atoms with E-state index in [1.807, 2.05) is 53.7 Å². The molecule has 2 aromatic carbocycles. The highest BCUT2D eigenvalue weighted by Gasteiger charge is 2.41. The van der Waals surface area contributed by atoms with Crippen molar-refractivity contribution in [3.63, 3.8) is 0 Å². The predicted molar refractivity (Wildman–Crippen MR) is 277 cm³/mol. The molecule has 6 aliphatic rings. The third kappa shape index (κ3) is 14.5. The first-order chi connectivity index (χ1) is 33.3. The van der Waals surface area contributed by atoms with Crippen molar-refractivity contribution in [1.29, 1.82) is 0 Å². The molecule has 0 saturated heterocycles. The van der Waals surface area contributed by atoms with Gasteiger partial charge in [-0.05, 0) is 218 Å². The second-order valence-electron chi connectivity index (χ2n) is 23.9. The number of hydrogen-bond acceptors (Lipinski definition) is 7. The first-order valence-corrected chi connectivity index (χ1v) is 26.5. The lowest BCUT2D eigenvalue weighted by atomic mass is 9.79. The molecule has 0 aromatic heterocycles. The number of aliphatic carboxylic acids is 1. The van der Waals surface area contributed by atoms with E-state index in [-0.39, 0.29) is 47.6 Å². The van der Waals surface area contributed by atoms with Crippen molar-refractivity contribution in [2.24, 2.45) is 35.5 Å². The van der Waals surface area contributed by atoms with Crippen molar-refractivity contribution in [3.05, 3.63) is 81.4 Å². The lowest BCUT2D eigenvalue weighted by Crippen LogP contribution is -2.50. The third-order valence-corrected chi connectivity index (χ3v) is 15.2. The van der Waals surface area contributed by atoms with Gasteiger partial charge in [0, 0.05) is 45.7 Å². The molecule has 2 N–H and O–H groups in total. The number of amides is 3. The average molecular weight is 987 g/mol. The van der Waals surface area contributed by atoms with Crippen LogP contribution < -0.4 is 5.32 Å². The van der Waals surface area contributed by atoms with Gasteiger partial charge >= 0.3 is 18.2 Å². The molecule has 392 valence electrons. The van der Waals surface area contributed by atoms with Crippen LogP contribution in [0.15, 0.2) is 47.5 Å². The van der Waals surface area contributed by atoms with Crippen LogP contribution in [0.4, 0.5) is 18.4 Å². The van der Waals surface area contributed by atoms with Crippen LogP contribution >= 0.6 is 0 Å². The maximum Gasteiger partial charge on any atom is 0.410 e. The van der Waals surface area contributed by atoms with E-state index in [0.717, 1.165) is 81.9 Å². The quantitative estimate of drug-likeness (QED) is 0.268. The maximum absolute atomic E-state index is 13.9. The zero-order valence-electron chi connectivity index (χ0n) is 44.9. The summed E-state index contributed by atoms with van der Waals surface area (Å²) in [6.45, 7) is 23.1. The van der Waals surface area contributed by atoms with Gasteiger partial charge in [0.05, 0.1) is 12.0 Å². The third-order valence-electron chi connectivity index (χ3n) is 15.2. The van der Waals surface area contributed by atoms with E-state index in [0.29, 0.717) is 62.2 Å². The normalized spacial score (nSPS) is 23.9. The number of carbonyl (C=O) groups excluding carboxylic acids is 3. The molecule has 2 saturated carbocycles. The van der Waals surface area contributed by atoms with Crippen molar-refractivity contribution < 1.29 is 42.5 Å². The maximum atomic E-state index is 13.9. The summed E-state index contributed by atoms with van der Waals surface area (Å²) in [5.41, 5.74) is 9.18. The number of hydrogen-bond donors (Lipinski definition) is 2.